The van der Waals surface area contributed by atoms with E-state index in [0.717, 1.165) is 0 Å². The molecular weight excluding hydrogens is 385 g/mol. The molecule has 0 aliphatic rings. The van der Waals surface area contributed by atoms with Crippen LogP contribution in [0.5, 0.6) is 0 Å². The minimum atomic E-state index is -5.61. The molecule has 0 rings (SSSR count). The van der Waals surface area contributed by atoms with Crippen molar-refractivity contribution in [1.82, 2.24) is 0 Å². The Morgan fingerprint density at radius 2 is 0.941 bits per heavy atom. The van der Waals surface area contributed by atoms with Crippen molar-refractivity contribution >= 4 is 25.6 Å². The molecule has 0 aliphatic heterocycles. The molecule has 0 saturated carbocycles. The summed E-state index contributed by atoms with van der Waals surface area (Å²) in [5, 5.41) is 16.7. The summed E-state index contributed by atoms with van der Waals surface area (Å²) in [7, 11) is -10.3. The summed E-state index contributed by atoms with van der Waals surface area (Å²) < 4.78 is 31.6. The van der Waals surface area contributed by atoms with Crippen molar-refractivity contribution in [2.24, 2.45) is 0 Å². The third kappa shape index (κ3) is 1080. The van der Waals surface area contributed by atoms with E-state index in [4.69, 9.17) is 51.7 Å². The zero-order chi connectivity index (χ0) is 12.6. The molecule has 0 spiro atoms. The molecule has 0 heterocycles. The standard InChI is InChI=1S/CH2O3.2Na.H2O4S.O4Si.Zr/c2-1(3)4;;;2*1-5(2,3)4;/h(H2,2,3,4);;;(H2,1,2,3,4);;/q;2*+1;;-4;+4/p-2. The molecule has 11 nitrogen and oxygen atoms in total. The van der Waals surface area contributed by atoms with Gasteiger partial charge < -0.3 is 43.2 Å². The predicted molar refractivity (Wildman–Crippen MR) is 25.3 cm³/mol. The van der Waals surface area contributed by atoms with Crippen LogP contribution in [0, 0.1) is 0 Å². The van der Waals surface area contributed by atoms with Crippen LogP contribution >= 0.6 is 0 Å². The summed E-state index contributed by atoms with van der Waals surface area (Å²) >= 11 is 0. The average Bonchev–Trinajstić information content (AvgIpc) is 1.45. The van der Waals surface area contributed by atoms with Gasteiger partial charge in [0.25, 0.3) is 0 Å². The van der Waals surface area contributed by atoms with Gasteiger partial charge in [0, 0.05) is 0 Å². The molecule has 0 atom stereocenters. The van der Waals surface area contributed by atoms with Crippen molar-refractivity contribution in [3.63, 3.8) is 0 Å². The Hall–Kier alpha value is 2.08. The fraction of sp³-hybridized carbons (Fsp3) is 0. The Morgan fingerprint density at radius 3 is 0.941 bits per heavy atom. The smallest absolute Gasteiger partial charge is 0.894 e. The molecule has 2 N–H and O–H groups in total. The van der Waals surface area contributed by atoms with Gasteiger partial charge in [-0.3, -0.25) is 9.11 Å². The van der Waals surface area contributed by atoms with Gasteiger partial charge in [0.05, 0.1) is 0 Å². The van der Waals surface area contributed by atoms with E-state index >= 15 is 0 Å². The van der Waals surface area contributed by atoms with Gasteiger partial charge in [-0.25, -0.2) is 0 Å². The molecule has 0 radical (unpaired) electrons. The van der Waals surface area contributed by atoms with Crippen LogP contribution in [0.3, 0.4) is 0 Å². The molecule has 0 saturated heterocycles. The van der Waals surface area contributed by atoms with Gasteiger partial charge in [-0.1, -0.05) is 0 Å². The third-order valence-electron chi connectivity index (χ3n) is 0. The zero-order valence-electron chi connectivity index (χ0n) is 8.48. The first-order valence-corrected chi connectivity index (χ1v) is 5.16. The Kier molecular flexibility index (Phi) is 38.8. The van der Waals surface area contributed by atoms with Crippen LogP contribution in [-0.2, 0) is 36.6 Å². The SMILES string of the molecule is O=C([O-])[O-].O=S(=O)(O)O.[Na+].[Na+].[O-][Si]([O-])([O-])[O-].[Zr+4]. The van der Waals surface area contributed by atoms with E-state index < -0.39 is 25.6 Å². The summed E-state index contributed by atoms with van der Waals surface area (Å²) in [6, 6.07) is 0. The van der Waals surface area contributed by atoms with Crippen molar-refractivity contribution in [3.8, 4) is 0 Å². The van der Waals surface area contributed by atoms with E-state index in [-0.39, 0.29) is 85.3 Å². The second kappa shape index (κ2) is 18.1. The van der Waals surface area contributed by atoms with Crippen LogP contribution in [0.15, 0.2) is 0 Å². The molecule has 17 heavy (non-hydrogen) atoms. The maximum atomic E-state index is 8.74. The summed E-state index contributed by atoms with van der Waals surface area (Å²) in [5.74, 6) is 0. The monoisotopic (exact) mass is 386 g/mol. The van der Waals surface area contributed by atoms with E-state index in [2.05, 4.69) is 0 Å². The summed E-state index contributed by atoms with van der Waals surface area (Å²) in [4.78, 5) is 42.6. The first-order chi connectivity index (χ1) is 5.73. The maximum Gasteiger partial charge on any atom is 4.00 e. The summed E-state index contributed by atoms with van der Waals surface area (Å²) in [6.45, 7) is 0. The minimum Gasteiger partial charge on any atom is -0.894 e. The first-order valence-electron chi connectivity index (χ1n) is 2.13. The van der Waals surface area contributed by atoms with Crippen molar-refractivity contribution in [1.29, 1.82) is 0 Å². The Morgan fingerprint density at radius 1 is 0.941 bits per heavy atom. The molecule has 0 unspecified atom stereocenters. The van der Waals surface area contributed by atoms with Crippen LogP contribution in [-0.4, -0.2) is 32.7 Å². The number of carbonyl (C=O) groups is 1. The van der Waals surface area contributed by atoms with Crippen LogP contribution < -0.4 is 88.5 Å². The van der Waals surface area contributed by atoms with Crippen LogP contribution in [0.4, 0.5) is 4.79 Å². The van der Waals surface area contributed by atoms with E-state index in [1.165, 1.54) is 0 Å². The molecule has 88 valence electrons. The van der Waals surface area contributed by atoms with Gasteiger partial charge in [0.15, 0.2) is 0 Å². The number of carboxylic acid groups (broad SMARTS) is 2. The Balaban J connectivity index is -0.0000000247. The molecule has 0 aromatic carbocycles. The van der Waals surface area contributed by atoms with Gasteiger partial charge in [0.2, 0.25) is 0 Å². The van der Waals surface area contributed by atoms with Gasteiger partial charge in [-0.2, -0.15) is 8.42 Å². The predicted octanol–water partition coefficient (Wildman–Crippen LogP) is -14.2. The quantitative estimate of drug-likeness (QED) is 0.292. The van der Waals surface area contributed by atoms with Crippen molar-refractivity contribution in [3.05, 3.63) is 0 Å². The van der Waals surface area contributed by atoms with E-state index in [9.17, 15) is 0 Å². The Labute approximate surface area is 160 Å². The fourth-order valence-electron chi connectivity index (χ4n) is 0. The average molecular weight is 387 g/mol. The van der Waals surface area contributed by atoms with E-state index in [1.54, 1.807) is 0 Å². The second-order valence-corrected chi connectivity index (χ2v) is 3.09. The van der Waals surface area contributed by atoms with Gasteiger partial charge in [-0.05, 0) is 6.16 Å². The normalized spacial score (nSPS) is 8.35. The third-order valence-corrected chi connectivity index (χ3v) is 0. The summed E-state index contributed by atoms with van der Waals surface area (Å²) in [5.41, 5.74) is 0. The fourth-order valence-corrected chi connectivity index (χ4v) is 0. The largest absolute Gasteiger partial charge is 4.00 e. The number of carbonyl (C=O) groups excluding carboxylic acids is 1. The van der Waals surface area contributed by atoms with Crippen molar-refractivity contribution in [2.45, 2.75) is 0 Å². The molecular formula is CH2Na2O11SSiZr. The molecule has 0 aromatic heterocycles. The van der Waals surface area contributed by atoms with Crippen molar-refractivity contribution < 1.29 is 137 Å². The minimum absolute atomic E-state index is 0. The van der Waals surface area contributed by atoms with Gasteiger partial charge in [0.1, 0.15) is 0 Å². The van der Waals surface area contributed by atoms with E-state index in [1.807, 2.05) is 0 Å². The van der Waals surface area contributed by atoms with Crippen LogP contribution in [0.1, 0.15) is 0 Å². The number of hydrogen-bond donors (Lipinski definition) is 2. The Bertz CT molecular complexity index is 229. The van der Waals surface area contributed by atoms with Gasteiger partial charge in [-0.15, -0.1) is 0 Å². The number of hydrogen-bond acceptors (Lipinski definition) is 9. The van der Waals surface area contributed by atoms with Crippen LogP contribution in [0.25, 0.3) is 0 Å². The van der Waals surface area contributed by atoms with Gasteiger partial charge >= 0.3 is 95.7 Å². The molecule has 0 aromatic rings. The topological polar surface area (TPSA) is 230 Å². The molecule has 0 bridgehead atoms. The number of rotatable bonds is 0. The molecule has 0 amide bonds. The summed E-state index contributed by atoms with van der Waals surface area (Å²) in [6.07, 6.45) is -2.33. The zero-order valence-corrected chi connectivity index (χ0v) is 16.8. The second-order valence-electron chi connectivity index (χ2n) is 1.20. The maximum absolute atomic E-state index is 8.74. The van der Waals surface area contributed by atoms with Crippen molar-refractivity contribution in [2.75, 3.05) is 0 Å². The van der Waals surface area contributed by atoms with E-state index in [0.29, 0.717) is 0 Å². The molecule has 0 fully saturated rings. The van der Waals surface area contributed by atoms with Crippen LogP contribution in [0.2, 0.25) is 0 Å². The molecule has 0 aliphatic carbocycles. The molecule has 16 heteroatoms. The first kappa shape index (κ1) is 36.5.